The molecule has 2 aromatic rings. The van der Waals surface area contributed by atoms with Gasteiger partial charge in [0, 0.05) is 26.3 Å². The Bertz CT molecular complexity index is 649. The van der Waals surface area contributed by atoms with Gasteiger partial charge >= 0.3 is 0 Å². The highest BCUT2D eigenvalue weighted by Crippen LogP contribution is 2.31. The van der Waals surface area contributed by atoms with Gasteiger partial charge in [-0.2, -0.15) is 0 Å². The fourth-order valence-corrected chi connectivity index (χ4v) is 2.32. The molecule has 0 heterocycles. The number of carbonyl (C=O) groups excluding carboxylic acids is 1. The van der Waals surface area contributed by atoms with E-state index in [2.05, 4.69) is 6.58 Å². The molecule has 3 nitrogen and oxygen atoms in total. The van der Waals surface area contributed by atoms with E-state index in [0.29, 0.717) is 11.5 Å². The maximum atomic E-state index is 13.0. The molecule has 0 saturated heterocycles. The van der Waals surface area contributed by atoms with Crippen LogP contribution in [0.15, 0.2) is 60.7 Å². The van der Waals surface area contributed by atoms with Gasteiger partial charge < -0.3 is 9.47 Å². The second kappa shape index (κ2) is 7.73. The van der Waals surface area contributed by atoms with E-state index < -0.39 is 0 Å². The van der Waals surface area contributed by atoms with Crippen LogP contribution in [0.5, 0.6) is 11.5 Å². The summed E-state index contributed by atoms with van der Waals surface area (Å²) in [6, 6.07) is 14.9. The Morgan fingerprint density at radius 2 is 1.21 bits per heavy atom. The molecule has 0 atom stereocenters. The van der Waals surface area contributed by atoms with Crippen LogP contribution >= 0.6 is 0 Å². The predicted molar refractivity (Wildman–Crippen MR) is 96.2 cm³/mol. The van der Waals surface area contributed by atoms with E-state index >= 15 is 0 Å². The van der Waals surface area contributed by atoms with Crippen molar-refractivity contribution in [1.82, 2.24) is 0 Å². The van der Waals surface area contributed by atoms with E-state index in [0.717, 1.165) is 28.5 Å². The molecule has 0 aromatic heterocycles. The van der Waals surface area contributed by atoms with Gasteiger partial charge in [0.1, 0.15) is 11.5 Å². The zero-order valence-electron chi connectivity index (χ0n) is 14.6. The normalized spacial score (nSPS) is 10.4. The SMILES string of the molecule is C=C(C(=O)[C](c1ccc(OC)cc1)c1ccc(OC)cc1)[C+](C)C. The molecular formula is C21H22O3+. The van der Waals surface area contributed by atoms with Gasteiger partial charge in [-0.25, -0.2) is 4.79 Å². The highest BCUT2D eigenvalue weighted by molar-refractivity contribution is 6.12. The van der Waals surface area contributed by atoms with E-state index in [1.807, 2.05) is 62.4 Å². The Balaban J connectivity index is 2.46. The minimum Gasteiger partial charge on any atom is -0.497 e. The summed E-state index contributed by atoms with van der Waals surface area (Å²) in [5.41, 5.74) is 2.17. The number of benzene rings is 2. The molecule has 0 amide bonds. The summed E-state index contributed by atoms with van der Waals surface area (Å²) in [6.45, 7) is 7.71. The Hall–Kier alpha value is -2.68. The summed E-state index contributed by atoms with van der Waals surface area (Å²) in [5, 5.41) is 0. The number of carbonyl (C=O) groups is 1. The van der Waals surface area contributed by atoms with Gasteiger partial charge in [0.05, 0.1) is 14.2 Å². The molecule has 0 unspecified atom stereocenters. The number of allylic oxidation sites excluding steroid dienone is 1. The van der Waals surface area contributed by atoms with Crippen molar-refractivity contribution in [2.75, 3.05) is 14.2 Å². The molecule has 0 bridgehead atoms. The van der Waals surface area contributed by atoms with Gasteiger partial charge in [0.2, 0.25) is 0 Å². The first-order valence-corrected chi connectivity index (χ1v) is 7.68. The summed E-state index contributed by atoms with van der Waals surface area (Å²) in [5.74, 6) is 2.94. The fraction of sp³-hybridized carbons (Fsp3) is 0.190. The standard InChI is InChI=1S/C21H22O3/c1-14(2)15(3)21(22)20(16-6-10-18(23-4)11-7-16)17-8-12-19(24-5)13-9-17/h6-13H,3H2,1-2,4-5H3/q+1. The molecule has 123 valence electrons. The van der Waals surface area contributed by atoms with Crippen LogP contribution in [0.2, 0.25) is 0 Å². The van der Waals surface area contributed by atoms with Crippen molar-refractivity contribution >= 4 is 5.78 Å². The van der Waals surface area contributed by atoms with Crippen LogP contribution in [0.25, 0.3) is 0 Å². The van der Waals surface area contributed by atoms with Gasteiger partial charge in [-0.05, 0) is 35.4 Å². The molecule has 0 spiro atoms. The van der Waals surface area contributed by atoms with E-state index in [1.54, 1.807) is 14.2 Å². The fourth-order valence-electron chi connectivity index (χ4n) is 2.32. The largest absolute Gasteiger partial charge is 0.497 e. The van der Waals surface area contributed by atoms with Gasteiger partial charge in [0.15, 0.2) is 11.5 Å². The van der Waals surface area contributed by atoms with E-state index in [1.165, 1.54) is 0 Å². The molecule has 24 heavy (non-hydrogen) atoms. The minimum atomic E-state index is -0.0784. The summed E-state index contributed by atoms with van der Waals surface area (Å²) >= 11 is 0. The second-order valence-corrected chi connectivity index (χ2v) is 5.64. The summed E-state index contributed by atoms with van der Waals surface area (Å²) in [7, 11) is 3.23. The molecule has 0 N–H and O–H groups in total. The summed E-state index contributed by atoms with van der Waals surface area (Å²) < 4.78 is 10.4. The number of ketones is 1. The van der Waals surface area contributed by atoms with Crippen molar-refractivity contribution in [3.05, 3.63) is 83.6 Å². The van der Waals surface area contributed by atoms with Gasteiger partial charge in [0.25, 0.3) is 5.78 Å². The van der Waals surface area contributed by atoms with Crippen molar-refractivity contribution in [2.24, 2.45) is 0 Å². The van der Waals surface area contributed by atoms with Crippen molar-refractivity contribution in [3.8, 4) is 11.5 Å². The van der Waals surface area contributed by atoms with Gasteiger partial charge in [-0.1, -0.05) is 24.3 Å². The average Bonchev–Trinajstić information content (AvgIpc) is 2.62. The number of ether oxygens (including phenoxy) is 2. The molecule has 0 aliphatic carbocycles. The zero-order valence-corrected chi connectivity index (χ0v) is 14.6. The lowest BCUT2D eigenvalue weighted by Gasteiger charge is -2.14. The van der Waals surface area contributed by atoms with Gasteiger partial charge in [-0.15, -0.1) is 0 Å². The van der Waals surface area contributed by atoms with Crippen molar-refractivity contribution in [2.45, 2.75) is 13.8 Å². The third-order valence-corrected chi connectivity index (χ3v) is 3.86. The topological polar surface area (TPSA) is 35.5 Å². The van der Waals surface area contributed by atoms with Crippen LogP contribution in [0.1, 0.15) is 25.0 Å². The lowest BCUT2D eigenvalue weighted by atomic mass is 9.82. The van der Waals surface area contributed by atoms with E-state index in [9.17, 15) is 4.79 Å². The Labute approximate surface area is 143 Å². The second-order valence-electron chi connectivity index (χ2n) is 5.64. The Morgan fingerprint density at radius 1 is 0.833 bits per heavy atom. The molecule has 2 rings (SSSR count). The maximum absolute atomic E-state index is 13.0. The molecule has 0 aliphatic rings. The van der Waals surface area contributed by atoms with Crippen LogP contribution < -0.4 is 9.47 Å². The van der Waals surface area contributed by atoms with Crippen LogP contribution in [0.4, 0.5) is 0 Å². The number of methoxy groups -OCH3 is 2. The molecule has 0 saturated carbocycles. The molecule has 2 aromatic carbocycles. The quantitative estimate of drug-likeness (QED) is 0.559. The zero-order chi connectivity index (χ0) is 17.7. The molecule has 0 aliphatic heterocycles. The van der Waals surface area contributed by atoms with Crippen LogP contribution in [0, 0.1) is 11.8 Å². The predicted octanol–water partition coefficient (Wildman–Crippen LogP) is 4.41. The highest BCUT2D eigenvalue weighted by Gasteiger charge is 2.34. The minimum absolute atomic E-state index is 0.0784. The smallest absolute Gasteiger partial charge is 0.286 e. The summed E-state index contributed by atoms with van der Waals surface area (Å²) in [4.78, 5) is 13.0. The van der Waals surface area contributed by atoms with Crippen LogP contribution in [-0.4, -0.2) is 20.0 Å². The molecule has 0 fully saturated rings. The third-order valence-electron chi connectivity index (χ3n) is 3.86. The van der Waals surface area contributed by atoms with Crippen molar-refractivity contribution < 1.29 is 14.3 Å². The summed E-state index contributed by atoms with van der Waals surface area (Å²) in [6.07, 6.45) is 0. The maximum Gasteiger partial charge on any atom is 0.286 e. The molecule has 1 radical (unpaired) electrons. The number of hydrogen-bond donors (Lipinski definition) is 0. The first-order valence-electron chi connectivity index (χ1n) is 7.68. The molecule has 3 heteroatoms. The average molecular weight is 322 g/mol. The highest BCUT2D eigenvalue weighted by atomic mass is 16.5. The van der Waals surface area contributed by atoms with Gasteiger partial charge in [-0.3, -0.25) is 0 Å². The Kier molecular flexibility index (Phi) is 5.69. The number of Topliss-reactive ketones (excluding diaryl/α,β-unsaturated/α-hetero) is 1. The monoisotopic (exact) mass is 322 g/mol. The lowest BCUT2D eigenvalue weighted by Crippen LogP contribution is -2.18. The van der Waals surface area contributed by atoms with E-state index in [4.69, 9.17) is 9.47 Å². The first-order chi connectivity index (χ1) is 11.5. The number of rotatable bonds is 7. The molecular weight excluding hydrogens is 300 g/mol. The number of hydrogen-bond acceptors (Lipinski definition) is 3. The third kappa shape index (κ3) is 3.80. The first kappa shape index (κ1) is 17.7. The van der Waals surface area contributed by atoms with Crippen LogP contribution in [-0.2, 0) is 4.79 Å². The van der Waals surface area contributed by atoms with E-state index in [-0.39, 0.29) is 5.78 Å². The van der Waals surface area contributed by atoms with Crippen LogP contribution in [0.3, 0.4) is 0 Å². The lowest BCUT2D eigenvalue weighted by molar-refractivity contribution is -0.113. The van der Waals surface area contributed by atoms with Crippen molar-refractivity contribution in [3.63, 3.8) is 0 Å². The van der Waals surface area contributed by atoms with Crippen molar-refractivity contribution in [1.29, 1.82) is 0 Å². The Morgan fingerprint density at radius 3 is 1.50 bits per heavy atom.